The molecule has 5 heteroatoms. The van der Waals surface area contributed by atoms with Crippen LogP contribution in [-0.2, 0) is 4.74 Å². The topological polar surface area (TPSA) is 68.1 Å². The third-order valence-electron chi connectivity index (χ3n) is 3.06. The SMILES string of the molecule is CCOC(=O)c1oc(-c2ccc3[nH]ccc3c2)nc1C. The summed E-state index contributed by atoms with van der Waals surface area (Å²) in [6, 6.07) is 7.79. The standard InChI is InChI=1S/C15H14N2O3/c1-3-19-15(18)13-9(2)17-14(20-13)11-4-5-12-10(8-11)6-7-16-12/h4-8,16H,3H2,1-2H3. The van der Waals surface area contributed by atoms with Gasteiger partial charge in [-0.2, -0.15) is 0 Å². The van der Waals surface area contributed by atoms with Crippen LogP contribution in [0.5, 0.6) is 0 Å². The Morgan fingerprint density at radius 3 is 3.05 bits per heavy atom. The third kappa shape index (κ3) is 2.07. The van der Waals surface area contributed by atoms with Crippen LogP contribution in [0.1, 0.15) is 23.2 Å². The van der Waals surface area contributed by atoms with Gasteiger partial charge in [-0.1, -0.05) is 0 Å². The van der Waals surface area contributed by atoms with Crippen molar-refractivity contribution >= 4 is 16.9 Å². The van der Waals surface area contributed by atoms with Gasteiger partial charge in [0, 0.05) is 22.7 Å². The summed E-state index contributed by atoms with van der Waals surface area (Å²) in [6.45, 7) is 3.79. The number of carbonyl (C=O) groups excluding carboxylic acids is 1. The highest BCUT2D eigenvalue weighted by Gasteiger charge is 2.19. The van der Waals surface area contributed by atoms with E-state index in [4.69, 9.17) is 9.15 Å². The Hall–Kier alpha value is -2.56. The second-order valence-corrected chi connectivity index (χ2v) is 4.43. The van der Waals surface area contributed by atoms with Crippen LogP contribution < -0.4 is 0 Å². The number of aromatic nitrogens is 2. The van der Waals surface area contributed by atoms with Crippen LogP contribution in [-0.4, -0.2) is 22.5 Å². The van der Waals surface area contributed by atoms with E-state index in [2.05, 4.69) is 9.97 Å². The van der Waals surface area contributed by atoms with E-state index < -0.39 is 5.97 Å². The maximum atomic E-state index is 11.7. The molecule has 0 saturated heterocycles. The highest BCUT2D eigenvalue weighted by Crippen LogP contribution is 2.25. The minimum atomic E-state index is -0.480. The number of ether oxygens (including phenoxy) is 1. The first-order valence-electron chi connectivity index (χ1n) is 6.41. The summed E-state index contributed by atoms with van der Waals surface area (Å²) >= 11 is 0. The number of nitrogens with zero attached hydrogens (tertiary/aromatic N) is 1. The van der Waals surface area contributed by atoms with Crippen LogP contribution in [0.3, 0.4) is 0 Å². The highest BCUT2D eigenvalue weighted by atomic mass is 16.5. The van der Waals surface area contributed by atoms with Crippen LogP contribution in [0.2, 0.25) is 0 Å². The molecule has 0 aliphatic heterocycles. The molecule has 20 heavy (non-hydrogen) atoms. The van der Waals surface area contributed by atoms with Gasteiger partial charge in [0.25, 0.3) is 0 Å². The summed E-state index contributed by atoms with van der Waals surface area (Å²) in [5.74, 6) is 0.108. The molecule has 0 spiro atoms. The number of rotatable bonds is 3. The van der Waals surface area contributed by atoms with E-state index >= 15 is 0 Å². The largest absolute Gasteiger partial charge is 0.460 e. The van der Waals surface area contributed by atoms with E-state index in [-0.39, 0.29) is 5.76 Å². The van der Waals surface area contributed by atoms with Crippen LogP contribution in [0.25, 0.3) is 22.4 Å². The van der Waals surface area contributed by atoms with Crippen molar-refractivity contribution < 1.29 is 13.9 Å². The molecule has 0 bridgehead atoms. The van der Waals surface area contributed by atoms with Crippen molar-refractivity contribution in [2.75, 3.05) is 6.61 Å². The Labute approximate surface area is 115 Å². The number of benzene rings is 1. The summed E-state index contributed by atoms with van der Waals surface area (Å²) in [4.78, 5) is 19.1. The lowest BCUT2D eigenvalue weighted by molar-refractivity contribution is 0.0490. The lowest BCUT2D eigenvalue weighted by Crippen LogP contribution is -2.04. The van der Waals surface area contributed by atoms with Crippen LogP contribution >= 0.6 is 0 Å². The van der Waals surface area contributed by atoms with Crippen LogP contribution in [0.15, 0.2) is 34.9 Å². The Kier molecular flexibility index (Phi) is 3.02. The number of carbonyl (C=O) groups is 1. The zero-order valence-corrected chi connectivity index (χ0v) is 11.3. The summed E-state index contributed by atoms with van der Waals surface area (Å²) < 4.78 is 10.5. The van der Waals surface area contributed by atoms with Crippen molar-refractivity contribution in [3.63, 3.8) is 0 Å². The van der Waals surface area contributed by atoms with Crippen molar-refractivity contribution in [2.45, 2.75) is 13.8 Å². The first-order valence-corrected chi connectivity index (χ1v) is 6.41. The lowest BCUT2D eigenvalue weighted by atomic mass is 10.1. The number of oxazole rings is 1. The van der Waals surface area contributed by atoms with E-state index in [1.807, 2.05) is 30.5 Å². The van der Waals surface area contributed by atoms with Gasteiger partial charge in [0.05, 0.1) is 12.3 Å². The number of aromatic amines is 1. The van der Waals surface area contributed by atoms with Gasteiger partial charge >= 0.3 is 5.97 Å². The number of esters is 1. The molecule has 0 saturated carbocycles. The number of hydrogen-bond acceptors (Lipinski definition) is 4. The van der Waals surface area contributed by atoms with E-state index in [0.717, 1.165) is 16.5 Å². The predicted octanol–water partition coefficient (Wildman–Crippen LogP) is 3.31. The molecule has 0 fully saturated rings. The fraction of sp³-hybridized carbons (Fsp3) is 0.200. The van der Waals surface area contributed by atoms with E-state index in [0.29, 0.717) is 18.2 Å². The van der Waals surface area contributed by atoms with Crippen LogP contribution in [0, 0.1) is 6.92 Å². The molecule has 0 aliphatic carbocycles. The molecule has 1 N–H and O–H groups in total. The number of nitrogens with one attached hydrogen (secondary N) is 1. The van der Waals surface area contributed by atoms with E-state index in [9.17, 15) is 4.79 Å². The Morgan fingerprint density at radius 1 is 1.40 bits per heavy atom. The number of aryl methyl sites for hydroxylation is 1. The van der Waals surface area contributed by atoms with Gasteiger partial charge in [-0.3, -0.25) is 0 Å². The van der Waals surface area contributed by atoms with Crippen molar-refractivity contribution in [2.24, 2.45) is 0 Å². The highest BCUT2D eigenvalue weighted by molar-refractivity contribution is 5.88. The van der Waals surface area contributed by atoms with Crippen LogP contribution in [0.4, 0.5) is 0 Å². The fourth-order valence-corrected chi connectivity index (χ4v) is 2.09. The summed E-state index contributed by atoms with van der Waals surface area (Å²) in [5.41, 5.74) is 2.41. The lowest BCUT2D eigenvalue weighted by Gasteiger charge is -1.98. The molecule has 0 radical (unpaired) electrons. The molecule has 5 nitrogen and oxygen atoms in total. The molecule has 0 atom stereocenters. The van der Waals surface area contributed by atoms with E-state index in [1.54, 1.807) is 13.8 Å². The average molecular weight is 270 g/mol. The number of fused-ring (bicyclic) bond motifs is 1. The van der Waals surface area contributed by atoms with Crippen molar-refractivity contribution in [1.29, 1.82) is 0 Å². The monoisotopic (exact) mass is 270 g/mol. The first-order chi connectivity index (χ1) is 9.69. The Balaban J connectivity index is 2.01. The second kappa shape index (κ2) is 4.85. The molecular weight excluding hydrogens is 256 g/mol. The van der Waals surface area contributed by atoms with Gasteiger partial charge in [0.15, 0.2) is 0 Å². The Morgan fingerprint density at radius 2 is 2.25 bits per heavy atom. The predicted molar refractivity (Wildman–Crippen MR) is 74.5 cm³/mol. The molecule has 2 aromatic heterocycles. The van der Waals surface area contributed by atoms with Gasteiger partial charge in [-0.25, -0.2) is 9.78 Å². The number of H-pyrrole nitrogens is 1. The first kappa shape index (κ1) is 12.5. The molecular formula is C15H14N2O3. The normalized spacial score (nSPS) is 10.9. The van der Waals surface area contributed by atoms with Gasteiger partial charge in [0.2, 0.25) is 11.7 Å². The molecule has 2 heterocycles. The Bertz CT molecular complexity index is 770. The molecule has 0 unspecified atom stereocenters. The number of hydrogen-bond donors (Lipinski definition) is 1. The molecule has 0 amide bonds. The quantitative estimate of drug-likeness (QED) is 0.741. The third-order valence-corrected chi connectivity index (χ3v) is 3.06. The molecule has 102 valence electrons. The minimum absolute atomic E-state index is 0.163. The van der Waals surface area contributed by atoms with Gasteiger partial charge < -0.3 is 14.1 Å². The zero-order valence-electron chi connectivity index (χ0n) is 11.3. The fourth-order valence-electron chi connectivity index (χ4n) is 2.09. The van der Waals surface area contributed by atoms with Gasteiger partial charge in [0.1, 0.15) is 0 Å². The van der Waals surface area contributed by atoms with Crippen molar-refractivity contribution in [3.05, 3.63) is 41.9 Å². The molecule has 3 aromatic rings. The molecule has 0 aliphatic rings. The average Bonchev–Trinajstić information content (AvgIpc) is 3.04. The maximum Gasteiger partial charge on any atom is 0.376 e. The van der Waals surface area contributed by atoms with Gasteiger partial charge in [-0.15, -0.1) is 0 Å². The smallest absolute Gasteiger partial charge is 0.376 e. The summed E-state index contributed by atoms with van der Waals surface area (Å²) in [7, 11) is 0. The van der Waals surface area contributed by atoms with Crippen molar-refractivity contribution in [1.82, 2.24) is 9.97 Å². The van der Waals surface area contributed by atoms with Crippen molar-refractivity contribution in [3.8, 4) is 11.5 Å². The maximum absolute atomic E-state index is 11.7. The summed E-state index contributed by atoms with van der Waals surface area (Å²) in [6.07, 6.45) is 1.87. The molecule has 3 rings (SSSR count). The van der Waals surface area contributed by atoms with E-state index in [1.165, 1.54) is 0 Å². The van der Waals surface area contributed by atoms with Gasteiger partial charge in [-0.05, 0) is 38.1 Å². The zero-order chi connectivity index (χ0) is 14.1. The second-order valence-electron chi connectivity index (χ2n) is 4.43. The minimum Gasteiger partial charge on any atom is -0.460 e. The molecule has 1 aromatic carbocycles. The summed E-state index contributed by atoms with van der Waals surface area (Å²) in [5, 5.41) is 1.07.